The number of hydrogen-bond acceptors (Lipinski definition) is 3. The van der Waals surface area contributed by atoms with E-state index in [2.05, 4.69) is 0 Å². The van der Waals surface area contributed by atoms with Crippen LogP contribution in [-0.4, -0.2) is 13.7 Å². The fraction of sp³-hybridized carbons (Fsp3) is 0.200. The number of ether oxygens (including phenoxy) is 1. The van der Waals surface area contributed by atoms with E-state index in [1.807, 2.05) is 30.0 Å². The molecule has 0 bridgehead atoms. The summed E-state index contributed by atoms with van der Waals surface area (Å²) >= 11 is 0. The van der Waals surface area contributed by atoms with E-state index < -0.39 is 0 Å². The van der Waals surface area contributed by atoms with Crippen molar-refractivity contribution >= 4 is 17.1 Å². The van der Waals surface area contributed by atoms with E-state index >= 15 is 0 Å². The summed E-state index contributed by atoms with van der Waals surface area (Å²) in [5.41, 5.74) is 8.10. The lowest BCUT2D eigenvalue weighted by atomic mass is 10.2. The molecule has 0 fully saturated rings. The van der Waals surface area contributed by atoms with Gasteiger partial charge in [0.1, 0.15) is 11.6 Å². The summed E-state index contributed by atoms with van der Waals surface area (Å²) < 4.78 is 18.5. The van der Waals surface area contributed by atoms with Crippen molar-refractivity contribution in [1.29, 1.82) is 0 Å². The third-order valence-corrected chi connectivity index (χ3v) is 2.96. The SMILES string of the molecule is CCN(c1cccc(F)c1)c1ccc(N)c(OC)c1. The molecule has 0 saturated carbocycles. The van der Waals surface area contributed by atoms with Crippen molar-refractivity contribution < 1.29 is 9.13 Å². The Balaban J connectivity index is 2.42. The van der Waals surface area contributed by atoms with Crippen molar-refractivity contribution in [3.05, 3.63) is 48.3 Å². The number of nitrogen functional groups attached to an aromatic ring is 1. The van der Waals surface area contributed by atoms with Crippen molar-refractivity contribution in [3.63, 3.8) is 0 Å². The molecule has 0 heterocycles. The van der Waals surface area contributed by atoms with E-state index in [4.69, 9.17) is 10.5 Å². The van der Waals surface area contributed by atoms with E-state index in [-0.39, 0.29) is 5.82 Å². The predicted molar refractivity (Wildman–Crippen MR) is 76.5 cm³/mol. The zero-order chi connectivity index (χ0) is 13.8. The second kappa shape index (κ2) is 5.61. The van der Waals surface area contributed by atoms with Gasteiger partial charge in [-0.2, -0.15) is 0 Å². The molecule has 0 amide bonds. The summed E-state index contributed by atoms with van der Waals surface area (Å²) in [6.07, 6.45) is 0. The van der Waals surface area contributed by atoms with Crippen LogP contribution in [-0.2, 0) is 0 Å². The maximum atomic E-state index is 13.3. The molecule has 0 aliphatic heterocycles. The lowest BCUT2D eigenvalue weighted by molar-refractivity contribution is 0.417. The Morgan fingerprint density at radius 3 is 2.53 bits per heavy atom. The molecule has 0 aliphatic rings. The van der Waals surface area contributed by atoms with Crippen LogP contribution < -0.4 is 15.4 Å². The monoisotopic (exact) mass is 260 g/mol. The molecule has 19 heavy (non-hydrogen) atoms. The van der Waals surface area contributed by atoms with E-state index in [0.29, 0.717) is 11.4 Å². The number of benzene rings is 2. The highest BCUT2D eigenvalue weighted by molar-refractivity contribution is 5.69. The first-order valence-electron chi connectivity index (χ1n) is 6.12. The number of rotatable bonds is 4. The summed E-state index contributed by atoms with van der Waals surface area (Å²) in [7, 11) is 1.58. The average molecular weight is 260 g/mol. The molecule has 0 aliphatic carbocycles. The van der Waals surface area contributed by atoms with E-state index in [9.17, 15) is 4.39 Å². The number of anilines is 3. The number of methoxy groups -OCH3 is 1. The highest BCUT2D eigenvalue weighted by Crippen LogP contribution is 2.31. The van der Waals surface area contributed by atoms with Gasteiger partial charge in [0.05, 0.1) is 12.8 Å². The molecule has 0 saturated heterocycles. The van der Waals surface area contributed by atoms with Gasteiger partial charge in [-0.1, -0.05) is 6.07 Å². The zero-order valence-corrected chi connectivity index (χ0v) is 11.1. The Morgan fingerprint density at radius 2 is 1.89 bits per heavy atom. The van der Waals surface area contributed by atoms with Crippen LogP contribution in [0.3, 0.4) is 0 Å². The first-order valence-corrected chi connectivity index (χ1v) is 6.12. The van der Waals surface area contributed by atoms with Gasteiger partial charge in [-0.15, -0.1) is 0 Å². The topological polar surface area (TPSA) is 38.5 Å². The molecule has 100 valence electrons. The lowest BCUT2D eigenvalue weighted by Gasteiger charge is -2.24. The molecule has 0 spiro atoms. The van der Waals surface area contributed by atoms with Gasteiger partial charge < -0.3 is 15.4 Å². The van der Waals surface area contributed by atoms with Gasteiger partial charge >= 0.3 is 0 Å². The summed E-state index contributed by atoms with van der Waals surface area (Å²) in [4.78, 5) is 1.99. The van der Waals surface area contributed by atoms with E-state index in [0.717, 1.165) is 17.9 Å². The Hall–Kier alpha value is -2.23. The standard InChI is InChI=1S/C15H17FN2O/c1-3-18(12-6-4-5-11(16)9-12)13-7-8-14(17)15(10-13)19-2/h4-10H,3,17H2,1-2H3. The molecular weight excluding hydrogens is 243 g/mol. The number of halogens is 1. The minimum absolute atomic E-state index is 0.252. The first kappa shape index (κ1) is 13.2. The largest absolute Gasteiger partial charge is 0.495 e. The fourth-order valence-corrected chi connectivity index (χ4v) is 2.03. The smallest absolute Gasteiger partial charge is 0.143 e. The van der Waals surface area contributed by atoms with Gasteiger partial charge in [0.2, 0.25) is 0 Å². The lowest BCUT2D eigenvalue weighted by Crippen LogP contribution is -2.16. The van der Waals surface area contributed by atoms with Crippen molar-refractivity contribution in [2.24, 2.45) is 0 Å². The minimum atomic E-state index is -0.252. The van der Waals surface area contributed by atoms with Crippen LogP contribution >= 0.6 is 0 Å². The van der Waals surface area contributed by atoms with Crippen molar-refractivity contribution in [1.82, 2.24) is 0 Å². The zero-order valence-electron chi connectivity index (χ0n) is 11.1. The molecule has 0 aromatic heterocycles. The molecule has 3 nitrogen and oxygen atoms in total. The van der Waals surface area contributed by atoms with Gasteiger partial charge in [-0.3, -0.25) is 0 Å². The summed E-state index contributed by atoms with van der Waals surface area (Å²) in [6, 6.07) is 12.0. The number of nitrogens with zero attached hydrogens (tertiary/aromatic N) is 1. The van der Waals surface area contributed by atoms with Crippen molar-refractivity contribution in [2.75, 3.05) is 24.3 Å². The third-order valence-electron chi connectivity index (χ3n) is 2.96. The van der Waals surface area contributed by atoms with Gasteiger partial charge in [0.15, 0.2) is 0 Å². The molecule has 2 aromatic carbocycles. The van der Waals surface area contributed by atoms with Crippen LogP contribution in [0.2, 0.25) is 0 Å². The normalized spacial score (nSPS) is 10.3. The summed E-state index contributed by atoms with van der Waals surface area (Å²) in [5.74, 6) is 0.366. The number of nitrogens with two attached hydrogens (primary N) is 1. The summed E-state index contributed by atoms with van der Waals surface area (Å²) in [6.45, 7) is 2.73. The first-order chi connectivity index (χ1) is 9.15. The second-order valence-corrected chi connectivity index (χ2v) is 4.15. The highest BCUT2D eigenvalue weighted by atomic mass is 19.1. The fourth-order valence-electron chi connectivity index (χ4n) is 2.03. The van der Waals surface area contributed by atoms with Gasteiger partial charge in [0.25, 0.3) is 0 Å². The molecule has 0 unspecified atom stereocenters. The molecule has 2 N–H and O–H groups in total. The third kappa shape index (κ3) is 2.78. The molecular formula is C15H17FN2O. The van der Waals surface area contributed by atoms with E-state index in [1.165, 1.54) is 12.1 Å². The van der Waals surface area contributed by atoms with Crippen molar-refractivity contribution in [3.8, 4) is 5.75 Å². The number of hydrogen-bond donors (Lipinski definition) is 1. The molecule has 2 rings (SSSR count). The molecule has 0 radical (unpaired) electrons. The molecule has 4 heteroatoms. The Kier molecular flexibility index (Phi) is 3.90. The van der Waals surface area contributed by atoms with Gasteiger partial charge in [-0.25, -0.2) is 4.39 Å². The molecule has 0 atom stereocenters. The van der Waals surface area contributed by atoms with Crippen LogP contribution in [0.15, 0.2) is 42.5 Å². The van der Waals surface area contributed by atoms with E-state index in [1.54, 1.807) is 19.2 Å². The Bertz CT molecular complexity index is 572. The minimum Gasteiger partial charge on any atom is -0.495 e. The van der Waals surface area contributed by atoms with Gasteiger partial charge in [0, 0.05) is 24.0 Å². The average Bonchev–Trinajstić information content (AvgIpc) is 2.41. The molecule has 2 aromatic rings. The van der Waals surface area contributed by atoms with Crippen LogP contribution in [0.4, 0.5) is 21.5 Å². The van der Waals surface area contributed by atoms with Crippen LogP contribution in [0.25, 0.3) is 0 Å². The summed E-state index contributed by atoms with van der Waals surface area (Å²) in [5, 5.41) is 0. The Labute approximate surface area is 112 Å². The second-order valence-electron chi connectivity index (χ2n) is 4.15. The van der Waals surface area contributed by atoms with Gasteiger partial charge in [-0.05, 0) is 37.3 Å². The maximum Gasteiger partial charge on any atom is 0.143 e. The predicted octanol–water partition coefficient (Wildman–Crippen LogP) is 3.57. The van der Waals surface area contributed by atoms with Crippen LogP contribution in [0.1, 0.15) is 6.92 Å². The van der Waals surface area contributed by atoms with Crippen LogP contribution in [0, 0.1) is 5.82 Å². The quantitative estimate of drug-likeness (QED) is 0.854. The highest BCUT2D eigenvalue weighted by Gasteiger charge is 2.10. The Morgan fingerprint density at radius 1 is 1.16 bits per heavy atom. The maximum absolute atomic E-state index is 13.3. The van der Waals surface area contributed by atoms with Crippen molar-refractivity contribution in [2.45, 2.75) is 6.92 Å². The van der Waals surface area contributed by atoms with Crippen LogP contribution in [0.5, 0.6) is 5.75 Å².